The Morgan fingerprint density at radius 3 is 2.68 bits per heavy atom. The third-order valence-corrected chi connectivity index (χ3v) is 3.55. The van der Waals surface area contributed by atoms with Crippen molar-refractivity contribution in [2.24, 2.45) is 5.10 Å². The molecule has 0 atom stereocenters. The van der Waals surface area contributed by atoms with Gasteiger partial charge in [-0.1, -0.05) is 12.1 Å². The maximum Gasteiger partial charge on any atom is 0.289 e. The number of H-pyrrole nitrogens is 1. The van der Waals surface area contributed by atoms with Crippen molar-refractivity contribution in [3.8, 4) is 17.0 Å². The summed E-state index contributed by atoms with van der Waals surface area (Å²) in [6.45, 7) is 1.71. The van der Waals surface area contributed by atoms with E-state index >= 15 is 0 Å². The lowest BCUT2D eigenvalue weighted by atomic mass is 10.1. The molecule has 126 valence electrons. The fraction of sp³-hybridized carbons (Fsp3) is 0.0556. The fourth-order valence-corrected chi connectivity index (χ4v) is 2.20. The molecule has 6 nitrogen and oxygen atoms in total. The van der Waals surface area contributed by atoms with Crippen molar-refractivity contribution in [1.29, 1.82) is 0 Å². The number of carbonyl (C=O) groups is 1. The molecule has 0 aliphatic heterocycles. The van der Waals surface area contributed by atoms with Gasteiger partial charge < -0.3 is 5.11 Å². The van der Waals surface area contributed by atoms with Crippen LogP contribution >= 0.6 is 0 Å². The number of halogens is 1. The Bertz CT molecular complexity index is 932. The van der Waals surface area contributed by atoms with E-state index in [2.05, 4.69) is 20.7 Å². The second kappa shape index (κ2) is 6.96. The van der Waals surface area contributed by atoms with Crippen molar-refractivity contribution in [2.45, 2.75) is 6.92 Å². The van der Waals surface area contributed by atoms with Crippen molar-refractivity contribution in [3.05, 3.63) is 71.7 Å². The summed E-state index contributed by atoms with van der Waals surface area (Å²) in [5, 5.41) is 20.2. The molecule has 3 aromatic rings. The van der Waals surface area contributed by atoms with E-state index in [1.165, 1.54) is 12.1 Å². The third kappa shape index (κ3) is 3.89. The summed E-state index contributed by atoms with van der Waals surface area (Å²) in [6, 6.07) is 13.9. The number of phenols is 1. The van der Waals surface area contributed by atoms with Gasteiger partial charge in [0.1, 0.15) is 17.3 Å². The topological polar surface area (TPSA) is 90.4 Å². The summed E-state index contributed by atoms with van der Waals surface area (Å²) in [5.41, 5.74) is 5.11. The number of amides is 1. The molecule has 0 aliphatic carbocycles. The first-order chi connectivity index (χ1) is 12.0. The highest BCUT2D eigenvalue weighted by atomic mass is 19.1. The lowest BCUT2D eigenvalue weighted by Crippen LogP contribution is -2.19. The highest BCUT2D eigenvalue weighted by Crippen LogP contribution is 2.18. The van der Waals surface area contributed by atoms with E-state index < -0.39 is 5.91 Å². The van der Waals surface area contributed by atoms with Crippen LogP contribution in [0, 0.1) is 5.82 Å². The van der Waals surface area contributed by atoms with E-state index in [4.69, 9.17) is 0 Å². The highest BCUT2D eigenvalue weighted by Gasteiger charge is 2.11. The first-order valence-electron chi connectivity index (χ1n) is 7.48. The van der Waals surface area contributed by atoms with E-state index in [-0.39, 0.29) is 17.3 Å². The molecule has 7 heteroatoms. The molecule has 1 amide bonds. The molecule has 2 aromatic carbocycles. The molecule has 0 aliphatic rings. The van der Waals surface area contributed by atoms with Gasteiger partial charge in [0, 0.05) is 11.1 Å². The summed E-state index contributed by atoms with van der Waals surface area (Å²) in [7, 11) is 0. The van der Waals surface area contributed by atoms with Crippen LogP contribution in [0.3, 0.4) is 0 Å². The minimum absolute atomic E-state index is 0.121. The highest BCUT2D eigenvalue weighted by molar-refractivity contribution is 6.00. The molecule has 0 bridgehead atoms. The zero-order chi connectivity index (χ0) is 17.8. The molecule has 0 spiro atoms. The summed E-state index contributed by atoms with van der Waals surface area (Å²) < 4.78 is 13.0. The second-order valence-electron chi connectivity index (χ2n) is 5.36. The molecule has 0 unspecified atom stereocenters. The lowest BCUT2D eigenvalue weighted by molar-refractivity contribution is 0.0950. The SMILES string of the molecule is CC(=NNC(=O)c1cc(-c2ccc(F)cc2)n[nH]1)c1cccc(O)c1. The number of benzene rings is 2. The van der Waals surface area contributed by atoms with Crippen LogP contribution in [-0.2, 0) is 0 Å². The number of carbonyl (C=O) groups excluding carboxylic acids is 1. The minimum atomic E-state index is -0.458. The Hall–Kier alpha value is -3.48. The first kappa shape index (κ1) is 16.4. The molecule has 0 saturated heterocycles. The van der Waals surface area contributed by atoms with Gasteiger partial charge in [0.25, 0.3) is 5.91 Å². The molecule has 0 saturated carbocycles. The van der Waals surface area contributed by atoms with Crippen molar-refractivity contribution in [2.75, 3.05) is 0 Å². The number of phenolic OH excluding ortho intramolecular Hbond substituents is 1. The van der Waals surface area contributed by atoms with E-state index in [9.17, 15) is 14.3 Å². The monoisotopic (exact) mass is 338 g/mol. The Balaban J connectivity index is 1.71. The van der Waals surface area contributed by atoms with Crippen molar-refractivity contribution >= 4 is 11.6 Å². The van der Waals surface area contributed by atoms with Crippen molar-refractivity contribution in [1.82, 2.24) is 15.6 Å². The summed E-state index contributed by atoms with van der Waals surface area (Å²) in [4.78, 5) is 12.1. The largest absolute Gasteiger partial charge is 0.508 e. The molecule has 3 rings (SSSR count). The summed E-state index contributed by atoms with van der Waals surface area (Å²) >= 11 is 0. The van der Waals surface area contributed by atoms with E-state index in [1.54, 1.807) is 49.4 Å². The van der Waals surface area contributed by atoms with Crippen molar-refractivity contribution < 1.29 is 14.3 Å². The fourth-order valence-electron chi connectivity index (χ4n) is 2.20. The molecule has 1 aromatic heterocycles. The zero-order valence-electron chi connectivity index (χ0n) is 13.3. The number of nitrogens with one attached hydrogen (secondary N) is 2. The van der Waals surface area contributed by atoms with Gasteiger partial charge in [0.15, 0.2) is 0 Å². The summed E-state index contributed by atoms with van der Waals surface area (Å²) in [5.74, 6) is -0.676. The first-order valence-corrected chi connectivity index (χ1v) is 7.48. The van der Waals surface area contributed by atoms with Gasteiger partial charge in [0.2, 0.25) is 0 Å². The number of aromatic nitrogens is 2. The van der Waals surface area contributed by atoms with Gasteiger partial charge in [-0.05, 0) is 49.4 Å². The maximum absolute atomic E-state index is 13.0. The summed E-state index contributed by atoms with van der Waals surface area (Å²) in [6.07, 6.45) is 0. The number of hydrazone groups is 1. The van der Waals surface area contributed by atoms with Gasteiger partial charge >= 0.3 is 0 Å². The lowest BCUT2D eigenvalue weighted by Gasteiger charge is -2.02. The van der Waals surface area contributed by atoms with Gasteiger partial charge in [-0.2, -0.15) is 10.2 Å². The van der Waals surface area contributed by atoms with Crippen LogP contribution in [0.15, 0.2) is 59.7 Å². The van der Waals surface area contributed by atoms with Gasteiger partial charge in [-0.25, -0.2) is 9.82 Å². The Morgan fingerprint density at radius 2 is 1.96 bits per heavy atom. The van der Waals surface area contributed by atoms with Gasteiger partial charge in [-0.15, -0.1) is 0 Å². The standard InChI is InChI=1S/C18H15FN4O2/c1-11(13-3-2-4-15(24)9-13)20-23-18(25)17-10-16(21-22-17)12-5-7-14(19)8-6-12/h2-10,24H,1H3,(H,21,22)(H,23,25). The van der Waals surface area contributed by atoms with Crippen LogP contribution in [0.4, 0.5) is 4.39 Å². The molecule has 3 N–H and O–H groups in total. The van der Waals surface area contributed by atoms with Crippen LogP contribution in [0.5, 0.6) is 5.75 Å². The van der Waals surface area contributed by atoms with Crippen LogP contribution < -0.4 is 5.43 Å². The smallest absolute Gasteiger partial charge is 0.289 e. The molecule has 25 heavy (non-hydrogen) atoms. The normalized spacial score (nSPS) is 11.4. The van der Waals surface area contributed by atoms with Crippen LogP contribution in [0.2, 0.25) is 0 Å². The number of aromatic hydroxyl groups is 1. The molecule has 1 heterocycles. The minimum Gasteiger partial charge on any atom is -0.508 e. The quantitative estimate of drug-likeness (QED) is 0.504. The Morgan fingerprint density at radius 1 is 1.20 bits per heavy atom. The van der Waals surface area contributed by atoms with Gasteiger partial charge in [-0.3, -0.25) is 9.89 Å². The third-order valence-electron chi connectivity index (χ3n) is 3.55. The van der Waals surface area contributed by atoms with Gasteiger partial charge in [0.05, 0.1) is 11.4 Å². The second-order valence-corrected chi connectivity index (χ2v) is 5.36. The zero-order valence-corrected chi connectivity index (χ0v) is 13.3. The molecule has 0 fully saturated rings. The predicted octanol–water partition coefficient (Wildman–Crippen LogP) is 3.08. The Labute approximate surface area is 143 Å². The molecular formula is C18H15FN4O2. The predicted molar refractivity (Wildman–Crippen MR) is 91.8 cm³/mol. The van der Waals surface area contributed by atoms with E-state index in [1.807, 2.05) is 0 Å². The number of hydrogen-bond acceptors (Lipinski definition) is 4. The maximum atomic E-state index is 13.0. The number of hydrogen-bond donors (Lipinski definition) is 3. The average molecular weight is 338 g/mol. The molecule has 0 radical (unpaired) electrons. The number of nitrogens with zero attached hydrogens (tertiary/aromatic N) is 2. The Kier molecular flexibility index (Phi) is 4.56. The number of aromatic amines is 1. The average Bonchev–Trinajstić information content (AvgIpc) is 3.10. The molecular weight excluding hydrogens is 323 g/mol. The van der Waals surface area contributed by atoms with Crippen LogP contribution in [0.1, 0.15) is 23.0 Å². The van der Waals surface area contributed by atoms with Crippen LogP contribution in [-0.4, -0.2) is 26.9 Å². The van der Waals surface area contributed by atoms with Crippen molar-refractivity contribution in [3.63, 3.8) is 0 Å². The number of rotatable bonds is 4. The van der Waals surface area contributed by atoms with E-state index in [0.29, 0.717) is 22.5 Å². The van der Waals surface area contributed by atoms with E-state index in [0.717, 1.165) is 0 Å². The van der Waals surface area contributed by atoms with Crippen LogP contribution in [0.25, 0.3) is 11.3 Å².